The molecule has 0 saturated carbocycles. The Labute approximate surface area is 146 Å². The molecule has 0 N–H and O–H groups in total. The molecule has 0 saturated heterocycles. The summed E-state index contributed by atoms with van der Waals surface area (Å²) >= 11 is 0. The molecule has 26 heavy (non-hydrogen) atoms. The van der Waals surface area contributed by atoms with E-state index >= 15 is 0 Å². The zero-order valence-electron chi connectivity index (χ0n) is 13.7. The molecular weight excluding hydrogens is 353 g/mol. The van der Waals surface area contributed by atoms with Crippen molar-refractivity contribution in [2.45, 2.75) is 19.5 Å². The highest BCUT2D eigenvalue weighted by Crippen LogP contribution is 2.36. The number of nitrogens with zero attached hydrogens (tertiary/aromatic N) is 1. The summed E-state index contributed by atoms with van der Waals surface area (Å²) in [6, 6.07) is 7.21. The third-order valence-electron chi connectivity index (χ3n) is 4.22. The summed E-state index contributed by atoms with van der Waals surface area (Å²) < 4.78 is 65.8. The zero-order chi connectivity index (χ0) is 19.1. The Morgan fingerprint density at radius 3 is 2.27 bits per heavy atom. The fourth-order valence-electron chi connectivity index (χ4n) is 3.00. The van der Waals surface area contributed by atoms with Crippen LogP contribution in [0.15, 0.2) is 48.0 Å². The van der Waals surface area contributed by atoms with Gasteiger partial charge in [-0.3, -0.25) is 4.79 Å². The summed E-state index contributed by atoms with van der Waals surface area (Å²) in [6.07, 6.45) is -4.11. The summed E-state index contributed by atoms with van der Waals surface area (Å²) in [6.45, 7) is 1.85. The molecule has 1 amide bonds. The summed E-state index contributed by atoms with van der Waals surface area (Å²) in [4.78, 5) is 14.0. The van der Waals surface area contributed by atoms with E-state index in [0.29, 0.717) is 18.1 Å². The second kappa shape index (κ2) is 6.55. The van der Waals surface area contributed by atoms with Crippen molar-refractivity contribution in [1.29, 1.82) is 0 Å². The van der Waals surface area contributed by atoms with E-state index in [2.05, 4.69) is 0 Å². The second-order valence-electron chi connectivity index (χ2n) is 5.93. The summed E-state index contributed by atoms with van der Waals surface area (Å²) in [5.41, 5.74) is 0.0355. The number of benzene rings is 2. The number of carbonyl (C=O) groups excluding carboxylic acids is 1. The van der Waals surface area contributed by atoms with Gasteiger partial charge in [0, 0.05) is 23.9 Å². The molecule has 2 nitrogen and oxygen atoms in total. The van der Waals surface area contributed by atoms with Crippen LogP contribution in [-0.4, -0.2) is 12.5 Å². The van der Waals surface area contributed by atoms with Gasteiger partial charge in [0.2, 0.25) is 0 Å². The molecule has 0 aliphatic carbocycles. The third kappa shape index (κ3) is 3.34. The maximum atomic E-state index is 13.5. The highest BCUT2D eigenvalue weighted by Gasteiger charge is 2.34. The fraction of sp³-hybridized carbons (Fsp3) is 0.211. The number of rotatable bonds is 3. The van der Waals surface area contributed by atoms with Gasteiger partial charge in [0.25, 0.3) is 5.91 Å². The monoisotopic (exact) mass is 367 g/mol. The molecule has 0 fully saturated rings. The average molecular weight is 367 g/mol. The van der Waals surface area contributed by atoms with Crippen LogP contribution in [-0.2, 0) is 11.0 Å². The minimum absolute atomic E-state index is 0.0735. The molecule has 0 spiro atoms. The van der Waals surface area contributed by atoms with Crippen molar-refractivity contribution >= 4 is 17.2 Å². The van der Waals surface area contributed by atoms with E-state index in [-0.39, 0.29) is 23.4 Å². The number of alkyl halides is 3. The lowest BCUT2D eigenvalue weighted by atomic mass is 10.00. The molecule has 0 radical (unpaired) electrons. The normalized spacial score (nSPS) is 15.2. The average Bonchev–Trinajstić information content (AvgIpc) is 2.90. The third-order valence-corrected chi connectivity index (χ3v) is 4.22. The van der Waals surface area contributed by atoms with Crippen LogP contribution in [0, 0.1) is 11.6 Å². The first-order valence-corrected chi connectivity index (χ1v) is 7.88. The van der Waals surface area contributed by atoms with Gasteiger partial charge in [0.1, 0.15) is 11.6 Å². The Bertz CT molecular complexity index is 881. The highest BCUT2D eigenvalue weighted by atomic mass is 19.4. The van der Waals surface area contributed by atoms with Crippen LogP contribution < -0.4 is 4.90 Å². The van der Waals surface area contributed by atoms with Crippen molar-refractivity contribution in [3.8, 4) is 0 Å². The van der Waals surface area contributed by atoms with Crippen LogP contribution in [0.25, 0.3) is 5.57 Å². The van der Waals surface area contributed by atoms with E-state index in [1.54, 1.807) is 6.92 Å². The van der Waals surface area contributed by atoms with Crippen LogP contribution in [0.1, 0.15) is 24.5 Å². The molecule has 0 aromatic heterocycles. The molecule has 1 aliphatic heterocycles. The maximum absolute atomic E-state index is 13.5. The SMILES string of the molecule is CCC1=C(c2cc(F)cc(F)c2)C(=O)N(c2cccc(C(F)(F)F)c2)C1. The van der Waals surface area contributed by atoms with Crippen molar-refractivity contribution in [1.82, 2.24) is 0 Å². The largest absolute Gasteiger partial charge is 0.416 e. The van der Waals surface area contributed by atoms with Crippen molar-refractivity contribution < 1.29 is 26.7 Å². The van der Waals surface area contributed by atoms with Gasteiger partial charge < -0.3 is 4.90 Å². The van der Waals surface area contributed by atoms with Crippen molar-refractivity contribution in [3.63, 3.8) is 0 Å². The second-order valence-corrected chi connectivity index (χ2v) is 5.93. The minimum atomic E-state index is -4.53. The van der Waals surface area contributed by atoms with Gasteiger partial charge in [0.05, 0.1) is 5.56 Å². The predicted octanol–water partition coefficient (Wildman–Crippen LogP) is 5.19. The molecule has 7 heteroatoms. The molecule has 2 aromatic carbocycles. The van der Waals surface area contributed by atoms with E-state index in [1.165, 1.54) is 17.0 Å². The number of anilines is 1. The van der Waals surface area contributed by atoms with Crippen LogP contribution in [0.4, 0.5) is 27.6 Å². The van der Waals surface area contributed by atoms with E-state index in [1.807, 2.05) is 0 Å². The predicted molar refractivity (Wildman–Crippen MR) is 87.4 cm³/mol. The van der Waals surface area contributed by atoms with E-state index in [0.717, 1.165) is 24.3 Å². The van der Waals surface area contributed by atoms with Crippen LogP contribution in [0.2, 0.25) is 0 Å². The lowest BCUT2D eigenvalue weighted by molar-refractivity contribution is -0.137. The number of carbonyl (C=O) groups is 1. The summed E-state index contributed by atoms with van der Waals surface area (Å²) in [5.74, 6) is -2.23. The van der Waals surface area contributed by atoms with Crippen molar-refractivity contribution in [2.24, 2.45) is 0 Å². The molecule has 0 atom stereocenters. The molecule has 3 rings (SSSR count). The van der Waals surface area contributed by atoms with Crippen LogP contribution in [0.3, 0.4) is 0 Å². The van der Waals surface area contributed by atoms with Crippen LogP contribution in [0.5, 0.6) is 0 Å². The molecular formula is C19H14F5NO. The van der Waals surface area contributed by atoms with Gasteiger partial charge in [-0.2, -0.15) is 13.2 Å². The summed E-state index contributed by atoms with van der Waals surface area (Å²) in [5, 5.41) is 0. The van der Waals surface area contributed by atoms with E-state index in [9.17, 15) is 26.7 Å². The lowest BCUT2D eigenvalue weighted by Gasteiger charge is -2.19. The number of halogens is 5. The maximum Gasteiger partial charge on any atom is 0.416 e. The quantitative estimate of drug-likeness (QED) is 0.684. The highest BCUT2D eigenvalue weighted by molar-refractivity contribution is 6.29. The zero-order valence-corrected chi connectivity index (χ0v) is 13.7. The number of hydrogen-bond donors (Lipinski definition) is 0. The van der Waals surface area contributed by atoms with Gasteiger partial charge in [0.15, 0.2) is 0 Å². The standard InChI is InChI=1S/C19H14F5NO/c1-2-11-10-25(16-5-3-4-13(8-16)19(22,23)24)18(26)17(11)12-6-14(20)9-15(21)7-12/h3-9H,2,10H2,1H3. The number of amides is 1. The molecule has 0 unspecified atom stereocenters. The first kappa shape index (κ1) is 18.1. The Morgan fingerprint density at radius 1 is 1.04 bits per heavy atom. The van der Waals surface area contributed by atoms with Gasteiger partial charge in [-0.25, -0.2) is 8.78 Å². The Kier molecular flexibility index (Phi) is 4.56. The molecule has 2 aromatic rings. The molecule has 136 valence electrons. The van der Waals surface area contributed by atoms with Gasteiger partial charge in [-0.15, -0.1) is 0 Å². The first-order valence-electron chi connectivity index (χ1n) is 7.88. The fourth-order valence-corrected chi connectivity index (χ4v) is 3.00. The Balaban J connectivity index is 2.02. The molecule has 0 bridgehead atoms. The van der Waals surface area contributed by atoms with Gasteiger partial charge >= 0.3 is 6.18 Å². The van der Waals surface area contributed by atoms with Gasteiger partial charge in [-0.05, 0) is 47.9 Å². The Hall–Kier alpha value is -2.70. The topological polar surface area (TPSA) is 20.3 Å². The number of hydrogen-bond acceptors (Lipinski definition) is 1. The van der Waals surface area contributed by atoms with Gasteiger partial charge in [-0.1, -0.05) is 13.0 Å². The molecule has 1 heterocycles. The Morgan fingerprint density at radius 2 is 1.69 bits per heavy atom. The molecule has 1 aliphatic rings. The van der Waals surface area contributed by atoms with Crippen LogP contribution >= 0.6 is 0 Å². The minimum Gasteiger partial charge on any atom is -0.304 e. The lowest BCUT2D eigenvalue weighted by Crippen LogP contribution is -2.27. The van der Waals surface area contributed by atoms with Crippen molar-refractivity contribution in [3.05, 3.63) is 70.8 Å². The van der Waals surface area contributed by atoms with Crippen molar-refractivity contribution in [2.75, 3.05) is 11.4 Å². The summed E-state index contributed by atoms with van der Waals surface area (Å²) in [7, 11) is 0. The van der Waals surface area contributed by atoms with E-state index < -0.39 is 29.3 Å². The first-order chi connectivity index (χ1) is 12.2. The smallest absolute Gasteiger partial charge is 0.304 e. The van der Waals surface area contributed by atoms with E-state index in [4.69, 9.17) is 0 Å².